The van der Waals surface area contributed by atoms with Gasteiger partial charge in [0.2, 0.25) is 0 Å². The molecule has 1 fully saturated rings. The van der Waals surface area contributed by atoms with E-state index in [2.05, 4.69) is 15.3 Å². The van der Waals surface area contributed by atoms with E-state index in [4.69, 9.17) is 0 Å². The normalized spacial score (nSPS) is 20.8. The second kappa shape index (κ2) is 5.98. The lowest BCUT2D eigenvalue weighted by Gasteiger charge is -2.26. The van der Waals surface area contributed by atoms with Crippen LogP contribution in [0.2, 0.25) is 0 Å². The Kier molecular flexibility index (Phi) is 3.90. The number of aromatic amines is 1. The predicted octanol–water partition coefficient (Wildman–Crippen LogP) is 3.40. The molecule has 2 aromatic heterocycles. The molecule has 0 radical (unpaired) electrons. The fraction of sp³-hybridized carbons (Fsp3) is 0.294. The topological polar surface area (TPSA) is 98.2 Å². The minimum Gasteiger partial charge on any atom is -0.369 e. The van der Waals surface area contributed by atoms with Gasteiger partial charge in [0.15, 0.2) is 0 Å². The first-order chi connectivity index (χ1) is 11.9. The van der Waals surface area contributed by atoms with Gasteiger partial charge in [0.1, 0.15) is 11.6 Å². The molecule has 0 spiro atoms. The third-order valence-electron chi connectivity index (χ3n) is 4.59. The van der Waals surface area contributed by atoms with Crippen LogP contribution < -0.4 is 10.9 Å². The summed E-state index contributed by atoms with van der Waals surface area (Å²) < 4.78 is 33.2. The summed E-state index contributed by atoms with van der Waals surface area (Å²) >= 11 is 0. The van der Waals surface area contributed by atoms with Crippen molar-refractivity contribution in [3.63, 3.8) is 0 Å². The maximum Gasteiger partial charge on any atom is 0.258 e. The number of nitrogens with zero attached hydrogens (tertiary/aromatic N) is 1. The van der Waals surface area contributed by atoms with E-state index >= 15 is 0 Å². The SMILES string of the molecule is O=c1[nH]ccc2nc(NCC3CCS(O)(O)C3)c3ccc(F)cc3c12. The smallest absolute Gasteiger partial charge is 0.258 e. The molecule has 25 heavy (non-hydrogen) atoms. The summed E-state index contributed by atoms with van der Waals surface area (Å²) in [6, 6.07) is 5.96. The van der Waals surface area contributed by atoms with Crippen LogP contribution in [0.4, 0.5) is 10.2 Å². The summed E-state index contributed by atoms with van der Waals surface area (Å²) in [6.45, 7) is 0.546. The summed E-state index contributed by atoms with van der Waals surface area (Å²) in [6.07, 6.45) is 2.26. The van der Waals surface area contributed by atoms with Crippen molar-refractivity contribution in [2.45, 2.75) is 6.42 Å². The van der Waals surface area contributed by atoms with Crippen LogP contribution in [0, 0.1) is 11.7 Å². The van der Waals surface area contributed by atoms with Gasteiger partial charge in [0.25, 0.3) is 5.56 Å². The predicted molar refractivity (Wildman–Crippen MR) is 99.0 cm³/mol. The molecule has 0 aliphatic carbocycles. The van der Waals surface area contributed by atoms with Crippen LogP contribution in [0.5, 0.6) is 0 Å². The zero-order chi connectivity index (χ0) is 17.6. The van der Waals surface area contributed by atoms with E-state index in [0.29, 0.717) is 45.5 Å². The molecule has 1 saturated heterocycles. The third-order valence-corrected chi connectivity index (χ3v) is 6.49. The molecular formula is C17H18FN3O3S. The Morgan fingerprint density at radius 2 is 2.16 bits per heavy atom. The van der Waals surface area contributed by atoms with Crippen LogP contribution in [0.1, 0.15) is 6.42 Å². The Morgan fingerprint density at radius 1 is 1.32 bits per heavy atom. The zero-order valence-electron chi connectivity index (χ0n) is 13.3. The van der Waals surface area contributed by atoms with Crippen molar-refractivity contribution >= 4 is 38.1 Å². The zero-order valence-corrected chi connectivity index (χ0v) is 14.1. The molecule has 3 aromatic rings. The highest BCUT2D eigenvalue weighted by Crippen LogP contribution is 2.48. The van der Waals surface area contributed by atoms with Crippen molar-refractivity contribution in [1.29, 1.82) is 0 Å². The molecule has 1 aliphatic rings. The van der Waals surface area contributed by atoms with Crippen molar-refractivity contribution in [1.82, 2.24) is 9.97 Å². The van der Waals surface area contributed by atoms with Gasteiger partial charge in [-0.25, -0.2) is 9.37 Å². The van der Waals surface area contributed by atoms with Crippen molar-refractivity contribution in [3.8, 4) is 0 Å². The van der Waals surface area contributed by atoms with Gasteiger partial charge in [-0.3, -0.25) is 13.9 Å². The summed E-state index contributed by atoms with van der Waals surface area (Å²) in [5.74, 6) is 1.12. The van der Waals surface area contributed by atoms with Gasteiger partial charge in [-0.05, 0) is 36.6 Å². The number of anilines is 1. The van der Waals surface area contributed by atoms with E-state index in [1.807, 2.05) is 0 Å². The monoisotopic (exact) mass is 363 g/mol. The quantitative estimate of drug-likeness (QED) is 0.535. The molecule has 1 atom stereocenters. The molecule has 6 nitrogen and oxygen atoms in total. The molecule has 0 bridgehead atoms. The van der Waals surface area contributed by atoms with E-state index in [9.17, 15) is 18.3 Å². The van der Waals surface area contributed by atoms with E-state index in [-0.39, 0.29) is 11.5 Å². The molecule has 4 N–H and O–H groups in total. The largest absolute Gasteiger partial charge is 0.369 e. The van der Waals surface area contributed by atoms with Gasteiger partial charge in [-0.1, -0.05) is 0 Å². The van der Waals surface area contributed by atoms with E-state index in [1.165, 1.54) is 18.3 Å². The molecule has 1 aromatic carbocycles. The molecule has 8 heteroatoms. The average Bonchev–Trinajstić information content (AvgIpc) is 2.91. The molecule has 3 heterocycles. The molecule has 4 rings (SSSR count). The van der Waals surface area contributed by atoms with E-state index < -0.39 is 16.4 Å². The van der Waals surface area contributed by atoms with E-state index in [0.717, 1.165) is 6.42 Å². The molecule has 1 aliphatic heterocycles. The Morgan fingerprint density at radius 3 is 2.92 bits per heavy atom. The average molecular weight is 363 g/mol. The van der Waals surface area contributed by atoms with Crippen LogP contribution >= 0.6 is 10.6 Å². The third kappa shape index (κ3) is 3.08. The van der Waals surface area contributed by atoms with Crippen molar-refractivity contribution in [3.05, 3.63) is 46.6 Å². The highest BCUT2D eigenvalue weighted by Gasteiger charge is 2.28. The summed E-state index contributed by atoms with van der Waals surface area (Å²) in [5, 5.41) is 4.77. The highest BCUT2D eigenvalue weighted by molar-refractivity contribution is 8.24. The van der Waals surface area contributed by atoms with Gasteiger partial charge < -0.3 is 10.3 Å². The second-order valence-electron chi connectivity index (χ2n) is 6.43. The number of hydrogen-bond donors (Lipinski definition) is 4. The first-order valence-corrected chi connectivity index (χ1v) is 9.89. The van der Waals surface area contributed by atoms with Gasteiger partial charge in [0.05, 0.1) is 10.9 Å². The van der Waals surface area contributed by atoms with Crippen LogP contribution in [-0.4, -0.2) is 37.1 Å². The lowest BCUT2D eigenvalue weighted by molar-refractivity contribution is 0.492. The molecular weight excluding hydrogens is 345 g/mol. The van der Waals surface area contributed by atoms with E-state index in [1.54, 1.807) is 12.1 Å². The van der Waals surface area contributed by atoms with Crippen molar-refractivity contribution in [2.75, 3.05) is 23.4 Å². The number of nitrogens with one attached hydrogen (secondary N) is 2. The standard InChI is InChI=1S/C17H18FN3O3S/c18-11-1-2-12-13(7-11)15-14(3-5-19-17(15)22)21-16(12)20-8-10-4-6-25(23,24)9-10/h1-3,5,7,10,23-24H,4,6,8-9H2,(H,19,22)(H,20,21). The highest BCUT2D eigenvalue weighted by atomic mass is 32.3. The fourth-order valence-corrected chi connectivity index (χ4v) is 5.29. The maximum atomic E-state index is 13.7. The summed E-state index contributed by atoms with van der Waals surface area (Å²) in [4.78, 5) is 19.3. The Labute approximate surface area is 144 Å². The number of fused-ring (bicyclic) bond motifs is 3. The minimum absolute atomic E-state index is 0.150. The number of benzene rings is 1. The fourth-order valence-electron chi connectivity index (χ4n) is 3.37. The number of halogens is 1. The van der Waals surface area contributed by atoms with Crippen LogP contribution in [-0.2, 0) is 0 Å². The van der Waals surface area contributed by atoms with Gasteiger partial charge >= 0.3 is 0 Å². The summed E-state index contributed by atoms with van der Waals surface area (Å²) in [7, 11) is -2.44. The molecule has 132 valence electrons. The van der Waals surface area contributed by atoms with Gasteiger partial charge in [-0.2, -0.15) is 10.6 Å². The first kappa shape index (κ1) is 16.3. The van der Waals surface area contributed by atoms with Crippen molar-refractivity contribution < 1.29 is 13.5 Å². The molecule has 0 amide bonds. The number of H-pyrrole nitrogens is 1. The second-order valence-corrected chi connectivity index (χ2v) is 8.77. The lowest BCUT2D eigenvalue weighted by atomic mass is 10.1. The van der Waals surface area contributed by atoms with Crippen LogP contribution in [0.25, 0.3) is 21.7 Å². The molecule has 1 unspecified atom stereocenters. The van der Waals surface area contributed by atoms with Crippen molar-refractivity contribution in [2.24, 2.45) is 5.92 Å². The Hall–Kier alpha value is -2.16. The Balaban J connectivity index is 1.76. The van der Waals surface area contributed by atoms with Gasteiger partial charge in [0, 0.05) is 35.0 Å². The summed E-state index contributed by atoms with van der Waals surface area (Å²) in [5.41, 5.74) is 0.178. The molecule has 0 saturated carbocycles. The van der Waals surface area contributed by atoms with Gasteiger partial charge in [-0.15, -0.1) is 0 Å². The number of rotatable bonds is 3. The number of pyridine rings is 2. The number of aromatic nitrogens is 2. The number of hydrogen-bond acceptors (Lipinski definition) is 5. The minimum atomic E-state index is -2.44. The van der Waals surface area contributed by atoms with Crippen LogP contribution in [0.15, 0.2) is 35.3 Å². The maximum absolute atomic E-state index is 13.7. The Bertz CT molecular complexity index is 1020. The first-order valence-electron chi connectivity index (χ1n) is 8.01. The lowest BCUT2D eigenvalue weighted by Crippen LogP contribution is -2.16. The van der Waals surface area contributed by atoms with Crippen LogP contribution in [0.3, 0.4) is 0 Å².